The number of carbonyl (C=O) groups excluding carboxylic acids is 2. The number of hydrogen-bond acceptors (Lipinski definition) is 8. The minimum absolute atomic E-state index is 0.0746. The van der Waals surface area contributed by atoms with Crippen molar-refractivity contribution >= 4 is 11.9 Å². The quantitative estimate of drug-likeness (QED) is 0.158. The Morgan fingerprint density at radius 2 is 1.44 bits per heavy atom. The van der Waals surface area contributed by atoms with Gasteiger partial charge in [-0.05, 0) is 100 Å². The van der Waals surface area contributed by atoms with Crippen LogP contribution in [0.3, 0.4) is 0 Å². The van der Waals surface area contributed by atoms with Crippen molar-refractivity contribution in [3.8, 4) is 0 Å². The van der Waals surface area contributed by atoms with Crippen LogP contribution in [0.5, 0.6) is 0 Å². The third kappa shape index (κ3) is 4.89. The highest BCUT2D eigenvalue weighted by Gasteiger charge is 2.75. The molecule has 48 heavy (non-hydrogen) atoms. The maximum absolute atomic E-state index is 13.1. The first-order chi connectivity index (χ1) is 22.1. The third-order valence-corrected chi connectivity index (χ3v) is 15.4. The lowest BCUT2D eigenvalue weighted by Crippen LogP contribution is -2.76. The zero-order valence-corrected chi connectivity index (χ0v) is 31.2. The van der Waals surface area contributed by atoms with Crippen LogP contribution in [0.15, 0.2) is 34.9 Å². The minimum atomic E-state index is -1.53. The van der Waals surface area contributed by atoms with Crippen molar-refractivity contribution in [3.05, 3.63) is 34.9 Å². The largest absolute Gasteiger partial charge is 0.462 e. The zero-order valence-electron chi connectivity index (χ0n) is 31.2. The maximum Gasteiger partial charge on any atom is 0.333 e. The van der Waals surface area contributed by atoms with Crippen molar-refractivity contribution in [1.29, 1.82) is 0 Å². The molecule has 0 aliphatic heterocycles. The molecule has 5 aliphatic carbocycles. The van der Waals surface area contributed by atoms with Crippen molar-refractivity contribution in [2.24, 2.45) is 50.2 Å². The van der Waals surface area contributed by atoms with Gasteiger partial charge in [-0.15, -0.1) is 0 Å². The summed E-state index contributed by atoms with van der Waals surface area (Å²) in [7, 11) is 0. The average molecular weight is 671 g/mol. The van der Waals surface area contributed by atoms with Gasteiger partial charge in [0.15, 0.2) is 0 Å². The average Bonchev–Trinajstić information content (AvgIpc) is 3.03. The number of aliphatic hydroxyl groups is 4. The van der Waals surface area contributed by atoms with Crippen molar-refractivity contribution in [2.75, 3.05) is 6.61 Å². The van der Waals surface area contributed by atoms with Crippen LogP contribution in [0.1, 0.15) is 115 Å². The second kappa shape index (κ2) is 12.1. The molecule has 270 valence electrons. The number of carbonyl (C=O) groups is 2. The van der Waals surface area contributed by atoms with Crippen molar-refractivity contribution in [3.63, 3.8) is 0 Å². The van der Waals surface area contributed by atoms with E-state index in [0.29, 0.717) is 23.5 Å². The lowest BCUT2D eigenvalue weighted by molar-refractivity contribution is -0.290. The number of rotatable bonds is 5. The second-order valence-electron chi connectivity index (χ2n) is 18.1. The Balaban J connectivity index is 1.66. The van der Waals surface area contributed by atoms with E-state index in [0.717, 1.165) is 37.7 Å². The maximum atomic E-state index is 13.1. The predicted molar refractivity (Wildman–Crippen MR) is 184 cm³/mol. The highest BCUT2D eigenvalue weighted by atomic mass is 16.6. The molecule has 0 aromatic rings. The van der Waals surface area contributed by atoms with Crippen molar-refractivity contribution in [2.45, 2.75) is 145 Å². The molecule has 5 aliphatic rings. The number of ether oxygens (including phenoxy) is 2. The molecule has 0 heterocycles. The first-order valence-electron chi connectivity index (χ1n) is 18.2. The standard InChI is InChI=1S/C40H62O8/c1-12-22(3)33(45)47-21-40-25(20-35(5,6)32(31(40)44)48-34(46)23(4)13-2)24-14-15-27-37(9)18-17-28(41)36(7,8)26(37)16-19-38(27,10)39(24,11)29(42)30(40)43/h12-14,25-32,41-44H,15-21H2,1-11H3/b22-12-,23-13-/t25?,26?,27?,28-,29-,30+,31-,32-,37-,38+,39-,40-/m0/s1. The first kappa shape index (κ1) is 37.3. The summed E-state index contributed by atoms with van der Waals surface area (Å²) < 4.78 is 11.9. The second-order valence-corrected chi connectivity index (χ2v) is 18.1. The van der Waals surface area contributed by atoms with E-state index in [-0.39, 0.29) is 29.5 Å². The smallest absolute Gasteiger partial charge is 0.333 e. The Kier molecular flexibility index (Phi) is 9.36. The van der Waals surface area contributed by atoms with Crippen LogP contribution in [0.2, 0.25) is 0 Å². The summed E-state index contributed by atoms with van der Waals surface area (Å²) in [5.74, 6) is -1.06. The van der Waals surface area contributed by atoms with E-state index in [9.17, 15) is 30.0 Å². The Morgan fingerprint density at radius 1 is 0.833 bits per heavy atom. The molecular weight excluding hydrogens is 608 g/mol. The van der Waals surface area contributed by atoms with E-state index < -0.39 is 63.9 Å². The van der Waals surface area contributed by atoms with Gasteiger partial charge in [-0.25, -0.2) is 9.59 Å². The van der Waals surface area contributed by atoms with Crippen LogP contribution in [0.4, 0.5) is 0 Å². The van der Waals surface area contributed by atoms with Crippen LogP contribution in [0, 0.1) is 50.2 Å². The normalized spacial score (nSPS) is 46.6. The van der Waals surface area contributed by atoms with E-state index in [1.807, 2.05) is 13.8 Å². The molecule has 8 heteroatoms. The summed E-state index contributed by atoms with van der Waals surface area (Å²) in [6.45, 7) is 21.6. The molecule has 4 fully saturated rings. The van der Waals surface area contributed by atoms with Gasteiger partial charge in [0.1, 0.15) is 18.8 Å². The Labute approximate surface area is 288 Å². The van der Waals surface area contributed by atoms with E-state index in [4.69, 9.17) is 9.47 Å². The summed E-state index contributed by atoms with van der Waals surface area (Å²) in [5, 5.41) is 48.7. The monoisotopic (exact) mass is 670 g/mol. The van der Waals surface area contributed by atoms with E-state index in [1.165, 1.54) is 0 Å². The number of hydrogen-bond donors (Lipinski definition) is 4. The molecule has 4 saturated carbocycles. The topological polar surface area (TPSA) is 134 Å². The molecule has 4 N–H and O–H groups in total. The molecule has 0 radical (unpaired) electrons. The number of esters is 2. The lowest BCUT2D eigenvalue weighted by atomic mass is 9.32. The molecule has 5 rings (SSSR count). The van der Waals surface area contributed by atoms with Gasteiger partial charge in [0.05, 0.1) is 23.7 Å². The fourth-order valence-corrected chi connectivity index (χ4v) is 11.9. The van der Waals surface area contributed by atoms with E-state index in [1.54, 1.807) is 39.8 Å². The summed E-state index contributed by atoms with van der Waals surface area (Å²) in [5.41, 5.74) is -2.00. The van der Waals surface area contributed by atoms with Gasteiger partial charge in [0.2, 0.25) is 0 Å². The third-order valence-electron chi connectivity index (χ3n) is 15.4. The molecule has 12 atom stereocenters. The van der Waals surface area contributed by atoms with Gasteiger partial charge in [-0.2, -0.15) is 0 Å². The van der Waals surface area contributed by atoms with E-state index >= 15 is 0 Å². The van der Waals surface area contributed by atoms with Crippen LogP contribution >= 0.6 is 0 Å². The minimum Gasteiger partial charge on any atom is -0.462 e. The Hall–Kier alpha value is -2.00. The zero-order chi connectivity index (χ0) is 36.0. The van der Waals surface area contributed by atoms with Crippen LogP contribution in [-0.2, 0) is 19.1 Å². The molecular formula is C40H62O8. The first-order valence-corrected chi connectivity index (χ1v) is 18.2. The molecule has 0 bridgehead atoms. The van der Waals surface area contributed by atoms with Gasteiger partial charge < -0.3 is 29.9 Å². The fourth-order valence-electron chi connectivity index (χ4n) is 11.9. The molecule has 3 unspecified atom stereocenters. The molecule has 0 aromatic heterocycles. The van der Waals surface area contributed by atoms with Gasteiger partial charge >= 0.3 is 11.9 Å². The van der Waals surface area contributed by atoms with Crippen molar-refractivity contribution < 1.29 is 39.5 Å². The summed E-state index contributed by atoms with van der Waals surface area (Å²) in [6, 6.07) is 0. The SMILES string of the molecule is C/C=C(/C)C(=O)OC[C@@]12C(CC(C)(C)[C@@H](OC(=O)/C(C)=C\C)[C@@H]1O)C1=CCC3[C@@]4(C)CC[C@H](O)C(C)(C)C4CC[C@@]3(C)[C@]1(C)[C@@H](O)[C@H]2O. The molecule has 0 aromatic carbocycles. The highest BCUT2D eigenvalue weighted by Crippen LogP contribution is 2.75. The number of allylic oxidation sites excluding steroid dienone is 3. The summed E-state index contributed by atoms with van der Waals surface area (Å²) in [4.78, 5) is 26.2. The lowest BCUT2D eigenvalue weighted by Gasteiger charge is -2.73. The number of fused-ring (bicyclic) bond motifs is 7. The Bertz CT molecular complexity index is 1410. The summed E-state index contributed by atoms with van der Waals surface area (Å²) in [6.07, 6.45) is 4.59. The fraction of sp³-hybridized carbons (Fsp3) is 0.800. The van der Waals surface area contributed by atoms with Crippen LogP contribution < -0.4 is 0 Å². The highest BCUT2D eigenvalue weighted by molar-refractivity contribution is 5.88. The van der Waals surface area contributed by atoms with Gasteiger partial charge in [0, 0.05) is 22.0 Å². The van der Waals surface area contributed by atoms with Gasteiger partial charge in [-0.1, -0.05) is 72.3 Å². The van der Waals surface area contributed by atoms with Gasteiger partial charge in [0.25, 0.3) is 0 Å². The van der Waals surface area contributed by atoms with Crippen molar-refractivity contribution in [1.82, 2.24) is 0 Å². The predicted octanol–water partition coefficient (Wildman–Crippen LogP) is 6.06. The summed E-state index contributed by atoms with van der Waals surface area (Å²) >= 11 is 0. The van der Waals surface area contributed by atoms with Gasteiger partial charge in [-0.3, -0.25) is 0 Å². The molecule has 0 amide bonds. The Morgan fingerprint density at radius 3 is 2.04 bits per heavy atom. The van der Waals surface area contributed by atoms with E-state index in [2.05, 4.69) is 40.7 Å². The molecule has 0 spiro atoms. The van der Waals surface area contributed by atoms with Crippen LogP contribution in [-0.4, -0.2) is 69.5 Å². The number of aliphatic hydroxyl groups excluding tert-OH is 4. The van der Waals surface area contributed by atoms with Crippen LogP contribution in [0.25, 0.3) is 0 Å². The molecule has 8 nitrogen and oxygen atoms in total. The molecule has 0 saturated heterocycles.